The van der Waals surface area contributed by atoms with Gasteiger partial charge in [0.15, 0.2) is 0 Å². The van der Waals surface area contributed by atoms with Gasteiger partial charge in [0.05, 0.1) is 24.5 Å². The summed E-state index contributed by atoms with van der Waals surface area (Å²) in [4.78, 5) is 0.139. The Kier molecular flexibility index (Phi) is 10.3. The number of halogens is 2. The molecule has 266 valence electrons. The van der Waals surface area contributed by atoms with E-state index in [9.17, 15) is 16.8 Å². The zero-order valence-electron chi connectivity index (χ0n) is 28.9. The third kappa shape index (κ3) is 8.21. The highest BCUT2D eigenvalue weighted by molar-refractivity contribution is 7.91. The lowest BCUT2D eigenvalue weighted by molar-refractivity contribution is 0.109. The summed E-state index contributed by atoms with van der Waals surface area (Å²) in [6.07, 6.45) is 0. The second-order valence-electron chi connectivity index (χ2n) is 13.2. The molecule has 0 unspecified atom stereocenters. The summed E-state index contributed by atoms with van der Waals surface area (Å²) in [5.41, 5.74) is 2.87. The molecule has 52 heavy (non-hydrogen) atoms. The number of hydrogen-bond donors (Lipinski definition) is 0. The van der Waals surface area contributed by atoms with Gasteiger partial charge in [0, 0.05) is 5.02 Å². The summed E-state index contributed by atoms with van der Waals surface area (Å²) in [5, 5.41) is 0.470. The Hall–Kier alpha value is -4.60. The van der Waals surface area contributed by atoms with Crippen LogP contribution in [0.15, 0.2) is 165 Å². The third-order valence-corrected chi connectivity index (χ3v) is 12.7. The smallest absolute Gasteiger partial charge is 0.206 e. The van der Waals surface area contributed by atoms with Gasteiger partial charge in [0.25, 0.3) is 0 Å². The summed E-state index contributed by atoms with van der Waals surface area (Å²) < 4.78 is 64.8. The number of rotatable bonds is 11. The van der Waals surface area contributed by atoms with Crippen molar-refractivity contribution in [2.75, 3.05) is 0 Å². The van der Waals surface area contributed by atoms with E-state index in [1.165, 1.54) is 24.3 Å². The zero-order valence-corrected chi connectivity index (χ0v) is 32.0. The van der Waals surface area contributed by atoms with Gasteiger partial charge < -0.3 is 9.47 Å². The summed E-state index contributed by atoms with van der Waals surface area (Å²) >= 11 is 12.3. The SMILES string of the molecule is CC(C)(Cl)c1ccc(S(=O)(=O)c2ccc(Oc3ccc(-c4ccc(OC(C)(C)c5ccc(S(=O)(=O)c6ccc(Cl)cc6)cc5)cc4)cc3)cc2)cc1. The molecule has 0 aromatic heterocycles. The van der Waals surface area contributed by atoms with Gasteiger partial charge in [0.1, 0.15) is 22.8 Å². The Labute approximate surface area is 315 Å². The quantitative estimate of drug-likeness (QED) is 0.122. The molecule has 0 saturated heterocycles. The maximum Gasteiger partial charge on any atom is 0.206 e. The number of alkyl halides is 1. The van der Waals surface area contributed by atoms with Gasteiger partial charge in [-0.05, 0) is 147 Å². The number of benzene rings is 6. The fourth-order valence-electron chi connectivity index (χ4n) is 5.56. The molecule has 0 aliphatic heterocycles. The first-order chi connectivity index (χ1) is 24.5. The number of hydrogen-bond acceptors (Lipinski definition) is 6. The minimum atomic E-state index is -3.70. The fourth-order valence-corrected chi connectivity index (χ4v) is 8.33. The van der Waals surface area contributed by atoms with Crippen molar-refractivity contribution in [3.05, 3.63) is 162 Å². The molecule has 0 aliphatic rings. The van der Waals surface area contributed by atoms with Crippen LogP contribution in [0, 0.1) is 0 Å². The molecule has 0 spiro atoms. The van der Waals surface area contributed by atoms with Crippen LogP contribution in [0.25, 0.3) is 11.1 Å². The first-order valence-corrected chi connectivity index (χ1v) is 20.1. The van der Waals surface area contributed by atoms with Crippen LogP contribution in [-0.2, 0) is 30.1 Å². The molecule has 0 atom stereocenters. The zero-order chi connectivity index (χ0) is 37.3. The first kappa shape index (κ1) is 37.2. The van der Waals surface area contributed by atoms with Gasteiger partial charge >= 0.3 is 0 Å². The molecule has 6 rings (SSSR count). The molecule has 0 amide bonds. The van der Waals surface area contributed by atoms with Crippen molar-refractivity contribution in [1.29, 1.82) is 0 Å². The highest BCUT2D eigenvalue weighted by Gasteiger charge is 2.25. The Morgan fingerprint density at radius 2 is 0.769 bits per heavy atom. The van der Waals surface area contributed by atoms with Gasteiger partial charge in [-0.25, -0.2) is 16.8 Å². The van der Waals surface area contributed by atoms with Crippen LogP contribution in [0.3, 0.4) is 0 Å². The molecule has 0 N–H and O–H groups in total. The van der Waals surface area contributed by atoms with Crippen molar-refractivity contribution < 1.29 is 26.3 Å². The molecule has 6 aromatic carbocycles. The standard InChI is InChI=1S/C42H36Cl2O6S2/c1-41(2,44)31-9-21-37(22-10-31)52(47,48)40-27-19-35(20-28-40)49-34-15-5-29(6-16-34)30-7-17-36(18-8-30)50-42(3,4)32-11-23-38(24-12-32)51(45,46)39-25-13-33(43)14-26-39/h5-28H,1-4H3. The van der Waals surface area contributed by atoms with E-state index in [0.29, 0.717) is 22.3 Å². The van der Waals surface area contributed by atoms with Gasteiger partial charge in [0.2, 0.25) is 19.7 Å². The van der Waals surface area contributed by atoms with Gasteiger partial charge in [-0.15, -0.1) is 11.6 Å². The van der Waals surface area contributed by atoms with Crippen molar-refractivity contribution >= 4 is 42.9 Å². The predicted octanol–water partition coefficient (Wildman–Crippen LogP) is 11.3. The normalized spacial score (nSPS) is 12.3. The molecule has 6 nitrogen and oxygen atoms in total. The van der Waals surface area contributed by atoms with E-state index in [1.807, 2.05) is 76.2 Å². The molecule has 0 fully saturated rings. The number of sulfone groups is 2. The van der Waals surface area contributed by atoms with Crippen LogP contribution >= 0.6 is 23.2 Å². The van der Waals surface area contributed by atoms with E-state index in [4.69, 9.17) is 32.7 Å². The van der Waals surface area contributed by atoms with E-state index in [2.05, 4.69) is 0 Å². The summed E-state index contributed by atoms with van der Waals surface area (Å²) in [6, 6.07) is 41.1. The molecule has 0 heterocycles. The van der Waals surface area contributed by atoms with Gasteiger partial charge in [-0.2, -0.15) is 0 Å². The monoisotopic (exact) mass is 770 g/mol. The van der Waals surface area contributed by atoms with Crippen molar-refractivity contribution in [3.63, 3.8) is 0 Å². The highest BCUT2D eigenvalue weighted by Crippen LogP contribution is 2.34. The maximum atomic E-state index is 13.2. The van der Waals surface area contributed by atoms with E-state index >= 15 is 0 Å². The molecule has 0 bridgehead atoms. The van der Waals surface area contributed by atoms with Crippen LogP contribution in [0.1, 0.15) is 38.8 Å². The average molecular weight is 772 g/mol. The van der Waals surface area contributed by atoms with E-state index < -0.39 is 30.1 Å². The second kappa shape index (κ2) is 14.4. The minimum Gasteiger partial charge on any atom is -0.483 e. The van der Waals surface area contributed by atoms with Crippen LogP contribution in [0.4, 0.5) is 0 Å². The molecule has 0 radical (unpaired) electrons. The molecular formula is C42H36Cl2O6S2. The first-order valence-electron chi connectivity index (χ1n) is 16.4. The second-order valence-corrected chi connectivity index (χ2v) is 18.5. The number of ether oxygens (including phenoxy) is 2. The van der Waals surface area contributed by atoms with Crippen LogP contribution in [-0.4, -0.2) is 16.8 Å². The molecule has 0 saturated carbocycles. The molecule has 6 aromatic rings. The molecule has 10 heteroatoms. The van der Waals surface area contributed by atoms with Gasteiger partial charge in [-0.1, -0.05) is 60.1 Å². The van der Waals surface area contributed by atoms with Gasteiger partial charge in [-0.3, -0.25) is 0 Å². The fraction of sp³-hybridized carbons (Fsp3) is 0.143. The minimum absolute atomic E-state index is 0.169. The Bertz CT molecular complexity index is 2380. The van der Waals surface area contributed by atoms with E-state index in [0.717, 1.165) is 22.3 Å². The average Bonchev–Trinajstić information content (AvgIpc) is 3.12. The highest BCUT2D eigenvalue weighted by atomic mass is 35.5. The van der Waals surface area contributed by atoms with E-state index in [1.54, 1.807) is 72.8 Å². The Morgan fingerprint density at radius 3 is 1.17 bits per heavy atom. The van der Waals surface area contributed by atoms with Crippen molar-refractivity contribution in [2.45, 2.75) is 57.8 Å². The lowest BCUT2D eigenvalue weighted by Crippen LogP contribution is -2.25. The summed E-state index contributed by atoms with van der Waals surface area (Å²) in [6.45, 7) is 7.56. The third-order valence-electron chi connectivity index (χ3n) is 8.62. The van der Waals surface area contributed by atoms with Crippen LogP contribution < -0.4 is 9.47 Å². The Balaban J connectivity index is 1.07. The van der Waals surface area contributed by atoms with Crippen LogP contribution in [0.2, 0.25) is 5.02 Å². The summed E-state index contributed by atoms with van der Waals surface area (Å²) in [7, 11) is -7.38. The molecular weight excluding hydrogens is 735 g/mol. The largest absolute Gasteiger partial charge is 0.483 e. The maximum absolute atomic E-state index is 13.2. The van der Waals surface area contributed by atoms with Crippen LogP contribution in [0.5, 0.6) is 17.2 Å². The molecule has 0 aliphatic carbocycles. The summed E-state index contributed by atoms with van der Waals surface area (Å²) in [5.74, 6) is 1.77. The van der Waals surface area contributed by atoms with Crippen molar-refractivity contribution in [3.8, 4) is 28.4 Å². The van der Waals surface area contributed by atoms with Crippen molar-refractivity contribution in [2.24, 2.45) is 0 Å². The predicted molar refractivity (Wildman–Crippen MR) is 206 cm³/mol. The van der Waals surface area contributed by atoms with E-state index in [-0.39, 0.29) is 19.6 Å². The Morgan fingerprint density at radius 1 is 0.442 bits per heavy atom. The van der Waals surface area contributed by atoms with Crippen molar-refractivity contribution in [1.82, 2.24) is 0 Å². The topological polar surface area (TPSA) is 86.7 Å². The lowest BCUT2D eigenvalue weighted by Gasteiger charge is -2.27. The lowest BCUT2D eigenvalue weighted by atomic mass is 9.98.